The number of hydrogen-bond donors (Lipinski definition) is 0. The molecule has 132 heavy (non-hydrogen) atoms. The minimum atomic E-state index is 0.854. The van der Waals surface area contributed by atoms with Crippen LogP contribution in [0.3, 0.4) is 0 Å². The van der Waals surface area contributed by atoms with Crippen LogP contribution in [-0.2, 0) is 0 Å². The number of anilines is 12. The number of fused-ring (bicyclic) bond motifs is 22. The topological polar surface area (TPSA) is 65.5 Å². The summed E-state index contributed by atoms with van der Waals surface area (Å²) in [7, 11) is 0. The third-order valence-electron chi connectivity index (χ3n) is 26.0. The van der Waals surface area contributed by atoms with Gasteiger partial charge in [-0.15, -0.1) is 0 Å². The summed E-state index contributed by atoms with van der Waals surface area (Å²) in [5.74, 6) is 0. The van der Waals surface area contributed by atoms with E-state index >= 15 is 0 Å². The number of rotatable bonds is 16. The molecule has 0 saturated heterocycles. The summed E-state index contributed by atoms with van der Waals surface area (Å²) in [6.45, 7) is 0. The fourth-order valence-electron chi connectivity index (χ4n) is 20.0. The number of hydrogen-bond acceptors (Lipinski definition) is 8. The molecule has 26 rings (SSSR count). The normalized spacial score (nSPS) is 11.6. The van der Waals surface area contributed by atoms with E-state index in [2.05, 4.69) is 481 Å². The van der Waals surface area contributed by atoms with Gasteiger partial charge in [-0.25, -0.2) is 0 Å². The average molecular weight is 1690 g/mol. The maximum Gasteiger partial charge on any atom is 0.159 e. The number of furan rings is 4. The Labute approximate surface area is 761 Å². The molecule has 26 aromatic rings. The van der Waals surface area contributed by atoms with E-state index in [0.717, 1.165) is 205 Å². The minimum absolute atomic E-state index is 0.854. The molecule has 0 N–H and O–H groups in total. The van der Waals surface area contributed by atoms with E-state index in [1.54, 1.807) is 0 Å². The molecule has 0 unspecified atom stereocenters. The van der Waals surface area contributed by atoms with Crippen LogP contribution in [0.1, 0.15) is 0 Å². The molecular weight excluding hydrogens is 1610 g/mol. The highest BCUT2D eigenvalue weighted by Gasteiger charge is 2.28. The van der Waals surface area contributed by atoms with E-state index in [0.29, 0.717) is 0 Å². The van der Waals surface area contributed by atoms with Crippen molar-refractivity contribution in [1.82, 2.24) is 0 Å². The highest BCUT2D eigenvalue weighted by Crippen LogP contribution is 2.52. The zero-order valence-electron chi connectivity index (χ0n) is 71.6. The largest absolute Gasteiger partial charge is 0.455 e. The fourth-order valence-corrected chi connectivity index (χ4v) is 20.0. The second-order valence-corrected chi connectivity index (χ2v) is 33.6. The van der Waals surface area contributed by atoms with Crippen molar-refractivity contribution in [2.75, 3.05) is 19.6 Å². The molecule has 0 aliphatic rings. The van der Waals surface area contributed by atoms with Gasteiger partial charge in [-0.05, 0) is 236 Å². The summed E-state index contributed by atoms with van der Waals surface area (Å²) in [5, 5.41) is 18.0. The molecule has 8 heteroatoms. The van der Waals surface area contributed by atoms with E-state index < -0.39 is 0 Å². The molecule has 4 aromatic heterocycles. The third kappa shape index (κ3) is 13.2. The van der Waals surface area contributed by atoms with Gasteiger partial charge in [-0.2, -0.15) is 0 Å². The molecule has 8 nitrogen and oxygen atoms in total. The number of para-hydroxylation sites is 10. The molecule has 0 atom stereocenters. The van der Waals surface area contributed by atoms with Gasteiger partial charge in [-0.3, -0.25) is 0 Å². The highest BCUT2D eigenvalue weighted by atomic mass is 16.3. The minimum Gasteiger partial charge on any atom is -0.455 e. The fraction of sp³-hybridized carbons (Fsp3) is 0. The third-order valence-corrected chi connectivity index (χ3v) is 26.0. The predicted molar refractivity (Wildman–Crippen MR) is 552 cm³/mol. The van der Waals surface area contributed by atoms with Crippen molar-refractivity contribution in [1.29, 1.82) is 0 Å². The molecule has 620 valence electrons. The zero-order valence-corrected chi connectivity index (χ0v) is 71.6. The summed E-state index contributed by atoms with van der Waals surface area (Å²) < 4.78 is 27.1. The van der Waals surface area contributed by atoms with Gasteiger partial charge in [0, 0.05) is 110 Å². The van der Waals surface area contributed by atoms with Crippen molar-refractivity contribution in [3.8, 4) is 44.5 Å². The van der Waals surface area contributed by atoms with E-state index in [9.17, 15) is 0 Å². The van der Waals surface area contributed by atoms with Crippen LogP contribution in [0.5, 0.6) is 0 Å². The predicted octanol–water partition coefficient (Wildman–Crippen LogP) is 36.1. The van der Waals surface area contributed by atoms with Crippen LogP contribution in [0, 0.1) is 0 Å². The molecule has 0 amide bonds. The maximum atomic E-state index is 6.99. The van der Waals surface area contributed by atoms with Crippen LogP contribution in [0.25, 0.3) is 175 Å². The van der Waals surface area contributed by atoms with Crippen molar-refractivity contribution in [3.63, 3.8) is 0 Å². The van der Waals surface area contributed by atoms with Gasteiger partial charge < -0.3 is 37.3 Å². The van der Waals surface area contributed by atoms with Gasteiger partial charge in [0.2, 0.25) is 0 Å². The molecule has 0 spiro atoms. The van der Waals surface area contributed by atoms with E-state index in [-0.39, 0.29) is 0 Å². The lowest BCUT2D eigenvalue weighted by molar-refractivity contribution is 0.668. The average Bonchev–Trinajstić information content (AvgIpc) is 1.54. The molecule has 0 aliphatic heterocycles. The lowest BCUT2D eigenvalue weighted by Gasteiger charge is -2.28. The van der Waals surface area contributed by atoms with Gasteiger partial charge in [0.1, 0.15) is 33.5 Å². The van der Waals surface area contributed by atoms with Crippen molar-refractivity contribution in [2.24, 2.45) is 0 Å². The summed E-state index contributed by atoms with van der Waals surface area (Å²) in [6, 6.07) is 172. The molecule has 0 fully saturated rings. The smallest absolute Gasteiger partial charge is 0.159 e. The van der Waals surface area contributed by atoms with E-state index in [1.165, 1.54) is 38.4 Å². The highest BCUT2D eigenvalue weighted by molar-refractivity contribution is 6.32. The zero-order chi connectivity index (χ0) is 87.1. The summed E-state index contributed by atoms with van der Waals surface area (Å²) in [6.07, 6.45) is 0. The molecule has 0 saturated carbocycles. The first kappa shape index (κ1) is 76.7. The summed E-state index contributed by atoms with van der Waals surface area (Å²) >= 11 is 0. The number of benzene rings is 22. The van der Waals surface area contributed by atoms with Gasteiger partial charge >= 0.3 is 0 Å². The Bertz CT molecular complexity index is 8900. The lowest BCUT2D eigenvalue weighted by Crippen LogP contribution is -2.11. The molecule has 0 bridgehead atoms. The summed E-state index contributed by atoms with van der Waals surface area (Å²) in [5.41, 5.74) is 28.8. The molecule has 4 heterocycles. The second kappa shape index (κ2) is 32.3. The first-order valence-corrected chi connectivity index (χ1v) is 44.8. The second-order valence-electron chi connectivity index (χ2n) is 33.6. The Morgan fingerprint density at radius 2 is 0.394 bits per heavy atom. The quantitative estimate of drug-likeness (QED) is 0.0887. The maximum absolute atomic E-state index is 6.99. The molecule has 0 radical (unpaired) electrons. The Balaban J connectivity index is 0.000000142. The van der Waals surface area contributed by atoms with Crippen LogP contribution < -0.4 is 19.6 Å². The van der Waals surface area contributed by atoms with Gasteiger partial charge in [0.15, 0.2) is 11.2 Å². The van der Waals surface area contributed by atoms with Crippen molar-refractivity contribution < 1.29 is 17.7 Å². The van der Waals surface area contributed by atoms with Crippen LogP contribution in [0.15, 0.2) is 503 Å². The van der Waals surface area contributed by atoms with Crippen molar-refractivity contribution in [2.45, 2.75) is 0 Å². The van der Waals surface area contributed by atoms with Crippen LogP contribution >= 0.6 is 0 Å². The van der Waals surface area contributed by atoms with Crippen LogP contribution in [0.4, 0.5) is 68.2 Å². The van der Waals surface area contributed by atoms with Crippen molar-refractivity contribution >= 4 is 199 Å². The SMILES string of the molecule is c1ccc(-c2ccccc2N(c2ccccc2)c2ccc(-c3ccc4c(c3)oc3c5ccc(N(c6ccccc6)c6cccc7c6oc6ccccc67)cc5c5ccccc5c43)cc2)cc1.c1ccc(-c2ccccc2N(c2ccccc2)c2ccc3c(c2)c2ccccc2c2c4ccc(-c5ccc(N(c6ccccc6)c6cccc7c6oc6ccccc67)cc5)cc4oc32)cc1. The van der Waals surface area contributed by atoms with Crippen LogP contribution in [0.2, 0.25) is 0 Å². The molecule has 0 aliphatic carbocycles. The Kier molecular flexibility index (Phi) is 18.8. The first-order valence-electron chi connectivity index (χ1n) is 44.8. The van der Waals surface area contributed by atoms with Crippen LogP contribution in [-0.4, -0.2) is 0 Å². The monoisotopic (exact) mass is 1690 g/mol. The van der Waals surface area contributed by atoms with Gasteiger partial charge in [0.25, 0.3) is 0 Å². The Morgan fingerprint density at radius 3 is 0.795 bits per heavy atom. The summed E-state index contributed by atoms with van der Waals surface area (Å²) in [4.78, 5) is 9.30. The molecular formula is C124H80N4O4. The molecule has 22 aromatic carbocycles. The standard InChI is InChI=1S/2C62H40N2O2/c1-4-17-42(18-5-1)48-23-12-14-28-56(48)64(45-21-8-3-9-22-45)47-36-38-53-55(40-47)49-24-10-11-26-51(49)60-54-37-33-43(39-59(54)66-62(53)60)41-31-34-46(35-32-41)63(44-19-6-2-7-20-44)57-29-16-27-52-50-25-13-15-30-58(50)65-61(52)57;1-4-17-42(18-5-1)48-23-12-14-28-56(48)63(44-19-6-2-7-20-44)46-34-31-41(32-35-46)43-33-37-54-59(39-43)66-62-53-38-36-47(40-55(53)49-24-10-11-26-51(49)60(54)62)64(45-21-8-3-9-22-45)57-29-16-27-52-50-25-13-15-30-58(50)65-61(52)57/h2*1-40H. The van der Waals surface area contributed by atoms with Crippen molar-refractivity contribution in [3.05, 3.63) is 485 Å². The number of nitrogens with zero attached hydrogens (tertiary/aromatic N) is 4. The first-order chi connectivity index (χ1) is 65.5. The van der Waals surface area contributed by atoms with Gasteiger partial charge in [-0.1, -0.05) is 315 Å². The van der Waals surface area contributed by atoms with E-state index in [1.807, 2.05) is 24.3 Å². The Morgan fingerprint density at radius 1 is 0.129 bits per heavy atom. The van der Waals surface area contributed by atoms with Gasteiger partial charge in [0.05, 0.1) is 22.7 Å². The van der Waals surface area contributed by atoms with E-state index in [4.69, 9.17) is 17.7 Å². The lowest BCUT2D eigenvalue weighted by atomic mass is 9.95. The Hall–Kier alpha value is -17.7.